The molecule has 0 heterocycles. The van der Waals surface area contributed by atoms with E-state index in [1.165, 1.54) is 12.1 Å². The van der Waals surface area contributed by atoms with Crippen molar-refractivity contribution in [1.82, 2.24) is 5.43 Å². The summed E-state index contributed by atoms with van der Waals surface area (Å²) in [4.78, 5) is 0. The molecule has 0 aromatic heterocycles. The molecule has 0 amide bonds. The van der Waals surface area contributed by atoms with Gasteiger partial charge in [-0.3, -0.25) is 11.3 Å². The first-order valence-electron chi connectivity index (χ1n) is 5.65. The lowest BCUT2D eigenvalue weighted by atomic mass is 10.1. The maximum atomic E-state index is 13.1. The van der Waals surface area contributed by atoms with Gasteiger partial charge in [-0.1, -0.05) is 18.5 Å². The molecule has 1 aromatic rings. The van der Waals surface area contributed by atoms with E-state index in [9.17, 15) is 4.39 Å². The van der Waals surface area contributed by atoms with Gasteiger partial charge in [0.15, 0.2) is 0 Å². The van der Waals surface area contributed by atoms with E-state index in [0.29, 0.717) is 24.7 Å². The second-order valence-corrected chi connectivity index (χ2v) is 4.29. The summed E-state index contributed by atoms with van der Waals surface area (Å²) in [6.45, 7) is 3.21. The first-order valence-corrected chi connectivity index (χ1v) is 6.03. The normalized spacial score (nSPS) is 12.7. The SMILES string of the molecule is CCCOCC(Cc1cc(F)ccc1Cl)NN. The number of benzene rings is 1. The van der Waals surface area contributed by atoms with Gasteiger partial charge in [-0.15, -0.1) is 0 Å². The number of halogens is 2. The number of hydrazine groups is 1. The van der Waals surface area contributed by atoms with E-state index in [0.717, 1.165) is 12.0 Å². The topological polar surface area (TPSA) is 47.3 Å². The molecule has 5 heteroatoms. The van der Waals surface area contributed by atoms with Gasteiger partial charge >= 0.3 is 0 Å². The van der Waals surface area contributed by atoms with Gasteiger partial charge in [0, 0.05) is 17.7 Å². The Balaban J connectivity index is 2.57. The van der Waals surface area contributed by atoms with Gasteiger partial charge < -0.3 is 4.74 Å². The van der Waals surface area contributed by atoms with Gasteiger partial charge in [-0.2, -0.15) is 0 Å². The summed E-state index contributed by atoms with van der Waals surface area (Å²) in [7, 11) is 0. The lowest BCUT2D eigenvalue weighted by molar-refractivity contribution is 0.112. The second kappa shape index (κ2) is 7.61. The number of hydrogen-bond donors (Lipinski definition) is 2. The van der Waals surface area contributed by atoms with Crippen molar-refractivity contribution in [2.75, 3.05) is 13.2 Å². The van der Waals surface area contributed by atoms with Crippen LogP contribution in [0, 0.1) is 5.82 Å². The van der Waals surface area contributed by atoms with Gasteiger partial charge in [0.25, 0.3) is 0 Å². The molecular weight excluding hydrogens is 243 g/mol. The molecule has 3 N–H and O–H groups in total. The molecule has 0 fully saturated rings. The minimum absolute atomic E-state index is 0.0687. The summed E-state index contributed by atoms with van der Waals surface area (Å²) in [5.41, 5.74) is 3.38. The quantitative estimate of drug-likeness (QED) is 0.449. The molecule has 0 saturated heterocycles. The molecule has 0 spiro atoms. The van der Waals surface area contributed by atoms with Gasteiger partial charge in [0.2, 0.25) is 0 Å². The summed E-state index contributed by atoms with van der Waals surface area (Å²) in [6.07, 6.45) is 1.49. The van der Waals surface area contributed by atoms with Crippen LogP contribution in [0.3, 0.4) is 0 Å². The lowest BCUT2D eigenvalue weighted by Crippen LogP contribution is -2.40. The molecule has 0 radical (unpaired) electrons. The molecule has 0 aliphatic rings. The van der Waals surface area contributed by atoms with E-state index in [1.54, 1.807) is 6.07 Å². The first-order chi connectivity index (χ1) is 8.17. The minimum atomic E-state index is -0.297. The van der Waals surface area contributed by atoms with Crippen LogP contribution in [0.4, 0.5) is 4.39 Å². The monoisotopic (exact) mass is 260 g/mol. The number of hydrogen-bond acceptors (Lipinski definition) is 3. The average molecular weight is 261 g/mol. The summed E-state index contributed by atoms with van der Waals surface area (Å²) < 4.78 is 18.5. The van der Waals surface area contributed by atoms with Crippen molar-refractivity contribution >= 4 is 11.6 Å². The Morgan fingerprint density at radius 2 is 2.29 bits per heavy atom. The lowest BCUT2D eigenvalue weighted by Gasteiger charge is -2.16. The summed E-state index contributed by atoms with van der Waals surface area (Å²) >= 11 is 5.98. The molecule has 3 nitrogen and oxygen atoms in total. The highest BCUT2D eigenvalue weighted by Gasteiger charge is 2.11. The van der Waals surface area contributed by atoms with Crippen LogP contribution in [-0.2, 0) is 11.2 Å². The number of nitrogens with one attached hydrogen (secondary N) is 1. The first kappa shape index (κ1) is 14.4. The van der Waals surface area contributed by atoms with Crippen LogP contribution < -0.4 is 11.3 Å². The second-order valence-electron chi connectivity index (χ2n) is 3.88. The zero-order valence-electron chi connectivity index (χ0n) is 9.88. The Labute approximate surface area is 106 Å². The van der Waals surface area contributed by atoms with Crippen LogP contribution in [0.15, 0.2) is 18.2 Å². The van der Waals surface area contributed by atoms with Crippen molar-refractivity contribution < 1.29 is 9.13 Å². The number of rotatable bonds is 7. The van der Waals surface area contributed by atoms with Crippen molar-refractivity contribution in [3.8, 4) is 0 Å². The maximum absolute atomic E-state index is 13.1. The van der Waals surface area contributed by atoms with Crippen LogP contribution in [-0.4, -0.2) is 19.3 Å². The highest BCUT2D eigenvalue weighted by atomic mass is 35.5. The van der Waals surface area contributed by atoms with Gasteiger partial charge in [0.1, 0.15) is 5.82 Å². The molecule has 1 aromatic carbocycles. The standard InChI is InChI=1S/C12H18ClFN2O/c1-2-5-17-8-11(16-15)7-9-6-10(14)3-4-12(9)13/h3-4,6,11,16H,2,5,7-8,15H2,1H3. The fourth-order valence-electron chi connectivity index (χ4n) is 1.50. The maximum Gasteiger partial charge on any atom is 0.123 e. The van der Waals surface area contributed by atoms with Crippen molar-refractivity contribution in [2.24, 2.45) is 5.84 Å². The molecule has 0 aliphatic heterocycles. The van der Waals surface area contributed by atoms with Crippen molar-refractivity contribution in [2.45, 2.75) is 25.8 Å². The van der Waals surface area contributed by atoms with Crippen molar-refractivity contribution in [3.63, 3.8) is 0 Å². The third kappa shape index (κ3) is 5.00. The largest absolute Gasteiger partial charge is 0.380 e. The third-order valence-corrected chi connectivity index (χ3v) is 2.75. The number of ether oxygens (including phenoxy) is 1. The van der Waals surface area contributed by atoms with Gasteiger partial charge in [-0.05, 0) is 36.6 Å². The average Bonchev–Trinajstić information content (AvgIpc) is 2.32. The highest BCUT2D eigenvalue weighted by Crippen LogP contribution is 2.18. The van der Waals surface area contributed by atoms with E-state index in [4.69, 9.17) is 22.2 Å². The zero-order chi connectivity index (χ0) is 12.7. The van der Waals surface area contributed by atoms with Crippen LogP contribution in [0.1, 0.15) is 18.9 Å². The van der Waals surface area contributed by atoms with Gasteiger partial charge in [-0.25, -0.2) is 4.39 Å². The van der Waals surface area contributed by atoms with Gasteiger partial charge in [0.05, 0.1) is 6.61 Å². The van der Waals surface area contributed by atoms with E-state index in [-0.39, 0.29) is 11.9 Å². The third-order valence-electron chi connectivity index (χ3n) is 2.38. The highest BCUT2D eigenvalue weighted by molar-refractivity contribution is 6.31. The molecule has 0 saturated carbocycles. The fourth-order valence-corrected chi connectivity index (χ4v) is 1.70. The smallest absolute Gasteiger partial charge is 0.123 e. The van der Waals surface area contributed by atoms with E-state index < -0.39 is 0 Å². The summed E-state index contributed by atoms with van der Waals surface area (Å²) in [5, 5.41) is 0.544. The van der Waals surface area contributed by atoms with E-state index >= 15 is 0 Å². The van der Waals surface area contributed by atoms with Crippen molar-refractivity contribution in [3.05, 3.63) is 34.6 Å². The van der Waals surface area contributed by atoms with Crippen LogP contribution in [0.5, 0.6) is 0 Å². The molecule has 96 valence electrons. The molecule has 1 rings (SSSR count). The summed E-state index contributed by atoms with van der Waals surface area (Å²) in [6, 6.07) is 4.24. The minimum Gasteiger partial charge on any atom is -0.380 e. The zero-order valence-corrected chi connectivity index (χ0v) is 10.6. The number of nitrogens with two attached hydrogens (primary N) is 1. The molecule has 0 bridgehead atoms. The Bertz CT molecular complexity index is 349. The molecular formula is C12H18ClFN2O. The Hall–Kier alpha value is -0.680. The Kier molecular flexibility index (Phi) is 6.44. The predicted octanol–water partition coefficient (Wildman–Crippen LogP) is 2.28. The Morgan fingerprint density at radius 3 is 2.94 bits per heavy atom. The molecule has 0 aliphatic carbocycles. The fraction of sp³-hybridized carbons (Fsp3) is 0.500. The van der Waals surface area contributed by atoms with Crippen LogP contribution in [0.2, 0.25) is 5.02 Å². The van der Waals surface area contributed by atoms with Crippen LogP contribution >= 0.6 is 11.6 Å². The van der Waals surface area contributed by atoms with Crippen molar-refractivity contribution in [1.29, 1.82) is 0 Å². The molecule has 1 unspecified atom stereocenters. The molecule has 1 atom stereocenters. The van der Waals surface area contributed by atoms with Crippen LogP contribution in [0.25, 0.3) is 0 Å². The predicted molar refractivity (Wildman–Crippen MR) is 67.3 cm³/mol. The molecule has 17 heavy (non-hydrogen) atoms. The Morgan fingerprint density at radius 1 is 1.53 bits per heavy atom. The summed E-state index contributed by atoms with van der Waals surface area (Å²) in [5.74, 6) is 5.13. The van der Waals surface area contributed by atoms with E-state index in [2.05, 4.69) is 5.43 Å². The van der Waals surface area contributed by atoms with E-state index in [1.807, 2.05) is 6.92 Å².